The molecule has 0 aromatic rings. The van der Waals surface area contributed by atoms with Crippen LogP contribution in [0.15, 0.2) is 4.99 Å². The minimum Gasteiger partial charge on any atom is -0.481 e. The molecule has 10 nitrogen and oxygen atoms in total. The molecule has 0 heterocycles. The Bertz CT molecular complexity index is 656. The topological polar surface area (TPSA) is 163 Å². The van der Waals surface area contributed by atoms with E-state index in [-0.39, 0.29) is 24.2 Å². The van der Waals surface area contributed by atoms with Gasteiger partial charge in [-0.05, 0) is 33.1 Å². The smallest absolute Gasteiger partial charge is 0.414 e. The molecule has 1 fully saturated rings. The van der Waals surface area contributed by atoms with Crippen molar-refractivity contribution in [1.29, 1.82) is 0 Å². The van der Waals surface area contributed by atoms with E-state index in [4.69, 9.17) is 10.5 Å². The maximum atomic E-state index is 11.9. The Kier molecular flexibility index (Phi) is 9.08. The summed E-state index contributed by atoms with van der Waals surface area (Å²) in [5, 5.41) is 25.5. The number of aliphatic imine (C=N–C) groups is 1. The molecule has 0 aromatic carbocycles. The molecule has 172 valence electrons. The molecule has 2 amide bonds. The van der Waals surface area contributed by atoms with Crippen molar-refractivity contribution in [1.82, 2.24) is 10.6 Å². The monoisotopic (exact) mass is 428 g/mol. The number of carbonyl (C=O) groups excluding carboxylic acids is 2. The van der Waals surface area contributed by atoms with Crippen LogP contribution in [0.3, 0.4) is 0 Å². The van der Waals surface area contributed by atoms with Crippen LogP contribution in [-0.2, 0) is 14.3 Å². The maximum Gasteiger partial charge on any atom is 0.414 e. The number of guanidine groups is 1. The first kappa shape index (κ1) is 25.7. The molecule has 0 bridgehead atoms. The molecule has 6 N–H and O–H groups in total. The van der Waals surface area contributed by atoms with Crippen molar-refractivity contribution in [2.24, 2.45) is 28.5 Å². The Morgan fingerprint density at radius 3 is 2.23 bits per heavy atom. The van der Waals surface area contributed by atoms with Crippen molar-refractivity contribution in [2.45, 2.75) is 84.6 Å². The quantitative estimate of drug-likeness (QED) is 0.300. The number of carboxylic acids is 1. The van der Waals surface area contributed by atoms with Gasteiger partial charge in [0.15, 0.2) is 5.96 Å². The molecule has 1 rings (SSSR count). The second kappa shape index (κ2) is 10.6. The number of amides is 2. The van der Waals surface area contributed by atoms with Crippen molar-refractivity contribution >= 4 is 23.9 Å². The number of carbonyl (C=O) groups is 3. The van der Waals surface area contributed by atoms with Gasteiger partial charge in [-0.15, -0.1) is 0 Å². The predicted molar refractivity (Wildman–Crippen MR) is 112 cm³/mol. The van der Waals surface area contributed by atoms with Crippen LogP contribution in [0, 0.1) is 17.8 Å². The van der Waals surface area contributed by atoms with Gasteiger partial charge in [-0.25, -0.2) is 9.79 Å². The van der Waals surface area contributed by atoms with Gasteiger partial charge < -0.3 is 26.0 Å². The summed E-state index contributed by atoms with van der Waals surface area (Å²) >= 11 is 0. The zero-order valence-electron chi connectivity index (χ0n) is 18.6. The number of hydrogen-bond donors (Lipinski definition) is 5. The van der Waals surface area contributed by atoms with Gasteiger partial charge in [0.1, 0.15) is 5.60 Å². The number of rotatable bonds is 7. The summed E-state index contributed by atoms with van der Waals surface area (Å²) in [5.41, 5.74) is 5.14. The zero-order chi connectivity index (χ0) is 23.2. The fourth-order valence-corrected chi connectivity index (χ4v) is 4.07. The van der Waals surface area contributed by atoms with Crippen LogP contribution < -0.4 is 16.4 Å². The van der Waals surface area contributed by atoms with Gasteiger partial charge in [-0.1, -0.05) is 26.7 Å². The molecule has 0 aromatic heterocycles. The minimum atomic E-state index is -1.22. The lowest BCUT2D eigenvalue weighted by molar-refractivity contribution is -0.145. The van der Waals surface area contributed by atoms with E-state index in [1.807, 2.05) is 13.8 Å². The van der Waals surface area contributed by atoms with Crippen molar-refractivity contribution in [2.75, 3.05) is 0 Å². The fourth-order valence-electron chi connectivity index (χ4n) is 4.07. The number of alkyl carbamates (subject to hydrolysis) is 1. The normalized spacial score (nSPS) is 25.7. The molecule has 30 heavy (non-hydrogen) atoms. The molecule has 5 atom stereocenters. The standard InChI is InChI=1S/C20H36N4O6/c1-7-11(8-2)15(22-10(3)25)14-13(9-12(16(14)26)17(27)28)23-18(21)24-19(29)30-20(4,5)6/h11-16,26H,7-9H2,1-6H3,(H,22,25)(H,27,28)(H3,21,23,24,29)/t12-,13+,14+,15?,16+/m0/s1. The Balaban J connectivity index is 3.21. The van der Waals surface area contributed by atoms with Crippen LogP contribution >= 0.6 is 0 Å². The first-order chi connectivity index (χ1) is 13.8. The molecule has 0 spiro atoms. The summed E-state index contributed by atoms with van der Waals surface area (Å²) in [6, 6.07) is -1.19. The number of aliphatic hydroxyl groups is 1. The number of ether oxygens (including phenoxy) is 1. The number of nitrogens with one attached hydrogen (secondary N) is 2. The van der Waals surface area contributed by atoms with E-state index in [2.05, 4.69) is 15.6 Å². The largest absolute Gasteiger partial charge is 0.481 e. The number of nitrogens with two attached hydrogens (primary N) is 1. The summed E-state index contributed by atoms with van der Waals surface area (Å²) in [6.07, 6.45) is -0.515. The van der Waals surface area contributed by atoms with Crippen molar-refractivity contribution in [3.8, 4) is 0 Å². The average Bonchev–Trinajstić information content (AvgIpc) is 2.88. The highest BCUT2D eigenvalue weighted by atomic mass is 16.6. The summed E-state index contributed by atoms with van der Waals surface area (Å²) in [6.45, 7) is 10.4. The van der Waals surface area contributed by atoms with Gasteiger partial charge in [0.05, 0.1) is 18.1 Å². The van der Waals surface area contributed by atoms with E-state index < -0.39 is 47.7 Å². The van der Waals surface area contributed by atoms with Gasteiger partial charge in [0.2, 0.25) is 5.91 Å². The Hall–Kier alpha value is -2.36. The van der Waals surface area contributed by atoms with Gasteiger partial charge in [-0.2, -0.15) is 0 Å². The third-order valence-electron chi connectivity index (χ3n) is 5.34. The molecular weight excluding hydrogens is 392 g/mol. The Morgan fingerprint density at radius 2 is 1.80 bits per heavy atom. The molecular formula is C20H36N4O6. The van der Waals surface area contributed by atoms with Crippen LogP contribution in [0.5, 0.6) is 0 Å². The summed E-state index contributed by atoms with van der Waals surface area (Å²) in [7, 11) is 0. The van der Waals surface area contributed by atoms with E-state index in [9.17, 15) is 24.6 Å². The number of carboxylic acid groups (broad SMARTS) is 1. The lowest BCUT2D eigenvalue weighted by Crippen LogP contribution is -2.51. The lowest BCUT2D eigenvalue weighted by Gasteiger charge is -2.35. The van der Waals surface area contributed by atoms with E-state index >= 15 is 0 Å². The summed E-state index contributed by atoms with van der Waals surface area (Å²) in [4.78, 5) is 39.7. The maximum absolute atomic E-state index is 11.9. The number of aliphatic carboxylic acids is 1. The molecule has 0 radical (unpaired) electrons. The molecule has 1 aliphatic carbocycles. The van der Waals surface area contributed by atoms with E-state index in [1.165, 1.54) is 6.92 Å². The van der Waals surface area contributed by atoms with Crippen LogP contribution in [0.2, 0.25) is 0 Å². The molecule has 1 aliphatic rings. The van der Waals surface area contributed by atoms with E-state index in [1.54, 1.807) is 20.8 Å². The van der Waals surface area contributed by atoms with Gasteiger partial charge in [-0.3, -0.25) is 14.9 Å². The fraction of sp³-hybridized carbons (Fsp3) is 0.800. The van der Waals surface area contributed by atoms with Crippen LogP contribution in [-0.4, -0.2) is 57.9 Å². The van der Waals surface area contributed by atoms with Crippen LogP contribution in [0.4, 0.5) is 4.79 Å². The lowest BCUT2D eigenvalue weighted by atomic mass is 9.80. The third-order valence-corrected chi connectivity index (χ3v) is 5.34. The number of nitrogens with zero attached hydrogens (tertiary/aromatic N) is 1. The summed E-state index contributed by atoms with van der Waals surface area (Å²) < 4.78 is 5.14. The SMILES string of the molecule is CCC(CC)C(NC(C)=O)[C@@H]1[C@H](O)[C@@H](C(=O)O)C[C@H]1N=C(N)NC(=O)OC(C)(C)C. The van der Waals surface area contributed by atoms with Crippen LogP contribution in [0.1, 0.15) is 60.8 Å². The number of aliphatic hydroxyl groups excluding tert-OH is 1. The first-order valence-electron chi connectivity index (χ1n) is 10.3. The second-order valence-electron chi connectivity index (χ2n) is 8.76. The highest BCUT2D eigenvalue weighted by Crippen LogP contribution is 2.39. The van der Waals surface area contributed by atoms with Crippen molar-refractivity contribution < 1.29 is 29.3 Å². The molecule has 0 saturated heterocycles. The molecule has 0 aliphatic heterocycles. The van der Waals surface area contributed by atoms with Crippen molar-refractivity contribution in [3.63, 3.8) is 0 Å². The van der Waals surface area contributed by atoms with E-state index in [0.717, 1.165) is 12.8 Å². The molecule has 1 saturated carbocycles. The van der Waals surface area contributed by atoms with Crippen molar-refractivity contribution in [3.05, 3.63) is 0 Å². The highest BCUT2D eigenvalue weighted by Gasteiger charge is 2.50. The van der Waals surface area contributed by atoms with Gasteiger partial charge in [0, 0.05) is 18.9 Å². The summed E-state index contributed by atoms with van der Waals surface area (Å²) in [5.74, 6) is -3.36. The highest BCUT2D eigenvalue weighted by molar-refractivity contribution is 5.93. The third kappa shape index (κ3) is 7.16. The Labute approximate surface area is 177 Å². The van der Waals surface area contributed by atoms with E-state index in [0.29, 0.717) is 0 Å². The minimum absolute atomic E-state index is 0.0128. The second-order valence-corrected chi connectivity index (χ2v) is 8.76. The van der Waals surface area contributed by atoms with Gasteiger partial charge in [0.25, 0.3) is 0 Å². The molecule has 10 heteroatoms. The average molecular weight is 429 g/mol. The Morgan fingerprint density at radius 1 is 1.23 bits per heavy atom. The van der Waals surface area contributed by atoms with Crippen LogP contribution in [0.25, 0.3) is 0 Å². The zero-order valence-corrected chi connectivity index (χ0v) is 18.6. The molecule has 1 unspecified atom stereocenters. The van der Waals surface area contributed by atoms with Gasteiger partial charge >= 0.3 is 12.1 Å². The number of hydrogen-bond acceptors (Lipinski definition) is 6. The first-order valence-corrected chi connectivity index (χ1v) is 10.3. The predicted octanol–water partition coefficient (Wildman–Crippen LogP) is 1.22.